The van der Waals surface area contributed by atoms with E-state index in [-0.39, 0.29) is 42.6 Å². The zero-order valence-corrected chi connectivity index (χ0v) is 28.2. The van der Waals surface area contributed by atoms with Gasteiger partial charge in [-0.2, -0.15) is 0 Å². The Morgan fingerprint density at radius 2 is 1.55 bits per heavy atom. The fourth-order valence-electron chi connectivity index (χ4n) is 5.10. The second-order valence-corrected chi connectivity index (χ2v) is 12.5. The first-order chi connectivity index (χ1) is 22.4. The number of hydrogen-bond donors (Lipinski definition) is 5. The molecule has 8 N–H and O–H groups in total. The fraction of sp³-hybridized carbons (Fsp3) is 0.472. The Balaban J connectivity index is 2.28. The number of aryl methyl sites for hydroxylation is 1. The highest BCUT2D eigenvalue weighted by molar-refractivity contribution is 6.00. The first-order valence-corrected chi connectivity index (χ1v) is 16.4. The van der Waals surface area contributed by atoms with Crippen LogP contribution in [0.3, 0.4) is 0 Å². The number of nitrogens with zero attached hydrogens (tertiary/aromatic N) is 2. The van der Waals surface area contributed by atoms with E-state index in [1.165, 1.54) is 11.0 Å². The number of carbonyl (C=O) groups is 4. The average Bonchev–Trinajstić information content (AvgIpc) is 3.03. The van der Waals surface area contributed by atoms with E-state index >= 15 is 0 Å². The molecule has 0 radical (unpaired) electrons. The number of hydrogen-bond acceptors (Lipinski definition) is 6. The molecule has 0 spiro atoms. The summed E-state index contributed by atoms with van der Waals surface area (Å²) in [7, 11) is 0. The molecule has 2 aromatic rings. The Hall–Kier alpha value is -4.51. The number of nitrogens with one attached hydrogen (secondary N) is 2. The van der Waals surface area contributed by atoms with Gasteiger partial charge in [-0.05, 0) is 61.1 Å². The van der Waals surface area contributed by atoms with Crippen molar-refractivity contribution >= 4 is 35.7 Å². The zero-order valence-electron chi connectivity index (χ0n) is 28.2. The molecular weight excluding hydrogens is 594 g/mol. The molecule has 0 unspecified atom stereocenters. The van der Waals surface area contributed by atoms with Gasteiger partial charge in [0.25, 0.3) is 5.91 Å². The lowest BCUT2D eigenvalue weighted by Crippen LogP contribution is -2.59. The summed E-state index contributed by atoms with van der Waals surface area (Å²) in [4.78, 5) is 59.4. The van der Waals surface area contributed by atoms with Crippen LogP contribution in [0.1, 0.15) is 70.9 Å². The van der Waals surface area contributed by atoms with Crippen molar-refractivity contribution in [2.24, 2.45) is 34.0 Å². The summed E-state index contributed by atoms with van der Waals surface area (Å²) in [6.45, 7) is 8.05. The van der Waals surface area contributed by atoms with E-state index in [1.54, 1.807) is 6.08 Å². The van der Waals surface area contributed by atoms with Crippen LogP contribution in [0.5, 0.6) is 0 Å². The third-order valence-electron chi connectivity index (χ3n) is 7.64. The average molecular weight is 648 g/mol. The maximum Gasteiger partial charge on any atom is 0.252 e. The molecule has 0 fully saturated rings. The fourth-order valence-corrected chi connectivity index (χ4v) is 5.10. The summed E-state index contributed by atoms with van der Waals surface area (Å²) in [5.74, 6) is -1.92. The van der Waals surface area contributed by atoms with Crippen LogP contribution >= 0.6 is 0 Å². The Kier molecular flexibility index (Phi) is 16.9. The minimum atomic E-state index is -0.987. The van der Waals surface area contributed by atoms with Crippen LogP contribution < -0.4 is 27.8 Å². The number of carbonyl (C=O) groups excluding carboxylic acids is 4. The van der Waals surface area contributed by atoms with Crippen LogP contribution in [-0.4, -0.2) is 65.7 Å². The summed E-state index contributed by atoms with van der Waals surface area (Å²) in [6.07, 6.45) is 5.55. The van der Waals surface area contributed by atoms with Crippen molar-refractivity contribution in [3.05, 3.63) is 77.9 Å². The third-order valence-corrected chi connectivity index (χ3v) is 7.64. The van der Waals surface area contributed by atoms with Gasteiger partial charge in [-0.1, -0.05) is 88.4 Å². The summed E-state index contributed by atoms with van der Waals surface area (Å²) in [5.41, 5.74) is 18.9. The van der Waals surface area contributed by atoms with Gasteiger partial charge in [0.15, 0.2) is 5.96 Å². The normalized spacial score (nSPS) is 13.2. The van der Waals surface area contributed by atoms with Crippen LogP contribution in [0.4, 0.5) is 0 Å². The van der Waals surface area contributed by atoms with Gasteiger partial charge >= 0.3 is 0 Å². The lowest BCUT2D eigenvalue weighted by Gasteiger charge is -2.36. The third kappa shape index (κ3) is 14.6. The molecule has 47 heavy (non-hydrogen) atoms. The number of imide groups is 1. The molecule has 0 aliphatic heterocycles. The summed E-state index contributed by atoms with van der Waals surface area (Å²) in [5, 5.41) is 5.70. The van der Waals surface area contributed by atoms with Crippen molar-refractivity contribution in [2.75, 3.05) is 13.1 Å². The molecule has 11 nitrogen and oxygen atoms in total. The second kappa shape index (κ2) is 20.6. The van der Waals surface area contributed by atoms with Crippen LogP contribution in [0.15, 0.2) is 71.7 Å². The van der Waals surface area contributed by atoms with Crippen molar-refractivity contribution < 1.29 is 19.2 Å². The van der Waals surface area contributed by atoms with E-state index in [1.807, 2.05) is 88.4 Å². The van der Waals surface area contributed by atoms with Gasteiger partial charge < -0.3 is 27.8 Å². The molecule has 2 aromatic carbocycles. The van der Waals surface area contributed by atoms with E-state index in [0.29, 0.717) is 38.6 Å². The number of nitrogens with two attached hydrogens (primary N) is 3. The molecule has 3 atom stereocenters. The molecule has 4 amide bonds. The van der Waals surface area contributed by atoms with Gasteiger partial charge in [0.05, 0.1) is 12.1 Å². The minimum absolute atomic E-state index is 0.0256. The van der Waals surface area contributed by atoms with Crippen LogP contribution in [-0.2, 0) is 25.6 Å². The first kappa shape index (κ1) is 38.7. The molecule has 11 heteroatoms. The molecule has 0 aliphatic carbocycles. The van der Waals surface area contributed by atoms with E-state index in [4.69, 9.17) is 17.2 Å². The lowest BCUT2D eigenvalue weighted by molar-refractivity contribution is -0.152. The van der Waals surface area contributed by atoms with Crippen molar-refractivity contribution in [2.45, 2.75) is 84.3 Å². The van der Waals surface area contributed by atoms with Crippen molar-refractivity contribution in [1.82, 2.24) is 15.5 Å². The van der Waals surface area contributed by atoms with Gasteiger partial charge in [0.2, 0.25) is 17.7 Å². The molecule has 0 saturated heterocycles. The van der Waals surface area contributed by atoms with Gasteiger partial charge in [0.1, 0.15) is 6.04 Å². The topological polar surface area (TPSA) is 186 Å². The quantitative estimate of drug-likeness (QED) is 0.0671. The number of aliphatic imine (C=N–C) groups is 1. The number of amides is 4. The highest BCUT2D eigenvalue weighted by atomic mass is 16.2. The molecular formula is C36H53N7O4. The number of rotatable bonds is 19. The van der Waals surface area contributed by atoms with Gasteiger partial charge in [-0.3, -0.25) is 29.1 Å². The Labute approximate surface area is 279 Å². The molecule has 0 saturated carbocycles. The zero-order chi connectivity index (χ0) is 34.8. The Morgan fingerprint density at radius 1 is 0.915 bits per heavy atom. The van der Waals surface area contributed by atoms with Crippen molar-refractivity contribution in [1.29, 1.82) is 0 Å². The second-order valence-electron chi connectivity index (χ2n) is 12.5. The molecule has 0 bridgehead atoms. The van der Waals surface area contributed by atoms with Crippen LogP contribution in [0.2, 0.25) is 0 Å². The number of guanidine groups is 1. The SMILES string of the molecule is CC(C)C[C@H](NC(=O)[C@@H](N)CCCN=C(N)N)C(=O)N(C(=O)CCCc1ccccc1)[C@H](CNC(=O)/C=C/c1ccccc1)C(C)C. The predicted molar refractivity (Wildman–Crippen MR) is 188 cm³/mol. The first-order valence-electron chi connectivity index (χ1n) is 16.4. The highest BCUT2D eigenvalue weighted by Crippen LogP contribution is 2.19. The Morgan fingerprint density at radius 3 is 2.15 bits per heavy atom. The standard InChI is InChI=1S/C36H53N7O4/c1-25(2)23-30(42-34(46)29(37)18-12-22-40-36(38)39)35(47)43(33(45)19-11-17-27-13-7-5-8-14-27)31(26(3)4)24-41-32(44)21-20-28-15-9-6-10-16-28/h5-10,13-16,20-21,25-26,29-31H,11-12,17-19,22-24,37H2,1-4H3,(H,41,44)(H,42,46)(H4,38,39,40)/b21-20+/t29-,30-,31+/m0/s1. The van der Waals surface area contributed by atoms with E-state index in [0.717, 1.165) is 11.1 Å². The van der Waals surface area contributed by atoms with E-state index in [2.05, 4.69) is 15.6 Å². The minimum Gasteiger partial charge on any atom is -0.370 e. The smallest absolute Gasteiger partial charge is 0.252 e. The summed E-state index contributed by atoms with van der Waals surface area (Å²) < 4.78 is 0. The summed E-state index contributed by atoms with van der Waals surface area (Å²) in [6, 6.07) is 16.7. The summed E-state index contributed by atoms with van der Waals surface area (Å²) >= 11 is 0. The maximum atomic E-state index is 14.3. The van der Waals surface area contributed by atoms with Gasteiger partial charge in [-0.15, -0.1) is 0 Å². The molecule has 2 rings (SSSR count). The molecule has 0 aliphatic rings. The van der Waals surface area contributed by atoms with Crippen LogP contribution in [0.25, 0.3) is 6.08 Å². The maximum absolute atomic E-state index is 14.3. The highest BCUT2D eigenvalue weighted by Gasteiger charge is 2.37. The molecule has 0 heterocycles. The van der Waals surface area contributed by atoms with E-state index < -0.39 is 29.9 Å². The van der Waals surface area contributed by atoms with Crippen LogP contribution in [0, 0.1) is 11.8 Å². The largest absolute Gasteiger partial charge is 0.370 e. The lowest BCUT2D eigenvalue weighted by atomic mass is 9.96. The van der Waals surface area contributed by atoms with Gasteiger partial charge in [-0.25, -0.2) is 0 Å². The van der Waals surface area contributed by atoms with E-state index in [9.17, 15) is 19.2 Å². The van der Waals surface area contributed by atoms with Crippen molar-refractivity contribution in [3.8, 4) is 0 Å². The molecule has 256 valence electrons. The van der Waals surface area contributed by atoms with Crippen molar-refractivity contribution in [3.63, 3.8) is 0 Å². The monoisotopic (exact) mass is 647 g/mol. The number of benzene rings is 2. The molecule has 0 aromatic heterocycles. The Bertz CT molecular complexity index is 1330. The predicted octanol–water partition coefficient (Wildman–Crippen LogP) is 3.13. The van der Waals surface area contributed by atoms with Gasteiger partial charge in [0, 0.05) is 25.6 Å².